The zero-order valence-electron chi connectivity index (χ0n) is 10.5. The second kappa shape index (κ2) is 4.30. The zero-order valence-corrected chi connectivity index (χ0v) is 12.1. The lowest BCUT2D eigenvalue weighted by molar-refractivity contribution is 0.0777. The van der Waals surface area contributed by atoms with Crippen LogP contribution in [0.4, 0.5) is 0 Å². The normalized spacial score (nSPS) is 24.5. The van der Waals surface area contributed by atoms with E-state index < -0.39 is 10.0 Å². The average Bonchev–Trinajstić information content (AvgIpc) is 2.83. The van der Waals surface area contributed by atoms with E-state index in [1.807, 2.05) is 0 Å². The molecule has 1 spiro atoms. The van der Waals surface area contributed by atoms with Crippen LogP contribution in [-0.2, 0) is 16.6 Å². The van der Waals surface area contributed by atoms with Gasteiger partial charge in [0.25, 0.3) is 0 Å². The summed E-state index contributed by atoms with van der Waals surface area (Å²) in [7, 11) is -2.98. The van der Waals surface area contributed by atoms with E-state index in [-0.39, 0.29) is 5.41 Å². The molecule has 0 aliphatic carbocycles. The van der Waals surface area contributed by atoms with Gasteiger partial charge < -0.3 is 0 Å². The highest BCUT2D eigenvalue weighted by Gasteiger charge is 2.50. The van der Waals surface area contributed by atoms with E-state index in [1.54, 1.807) is 15.6 Å². The fraction of sp³-hybridized carbons (Fsp3) is 0.667. The second-order valence-electron chi connectivity index (χ2n) is 5.62. The molecule has 4 nitrogen and oxygen atoms in total. The van der Waals surface area contributed by atoms with E-state index in [4.69, 9.17) is 0 Å². The van der Waals surface area contributed by atoms with Gasteiger partial charge in [-0.05, 0) is 35.4 Å². The maximum absolute atomic E-state index is 11.4. The molecule has 0 saturated carbocycles. The summed E-state index contributed by atoms with van der Waals surface area (Å²) in [5, 5.41) is 4.30. The van der Waals surface area contributed by atoms with Crippen LogP contribution in [0.15, 0.2) is 16.8 Å². The van der Waals surface area contributed by atoms with Gasteiger partial charge in [-0.15, -0.1) is 0 Å². The molecule has 100 valence electrons. The van der Waals surface area contributed by atoms with Crippen LogP contribution in [0.1, 0.15) is 12.0 Å². The third-order valence-corrected chi connectivity index (χ3v) is 5.92. The number of nitrogens with zero attached hydrogens (tertiary/aromatic N) is 2. The van der Waals surface area contributed by atoms with Crippen LogP contribution in [-0.4, -0.2) is 50.1 Å². The number of rotatable bonds is 3. The van der Waals surface area contributed by atoms with Gasteiger partial charge in [0.1, 0.15) is 0 Å². The van der Waals surface area contributed by atoms with Crippen molar-refractivity contribution < 1.29 is 8.42 Å². The lowest BCUT2D eigenvalue weighted by Gasteiger charge is -2.46. The molecule has 0 amide bonds. The molecule has 0 aromatic carbocycles. The van der Waals surface area contributed by atoms with E-state index in [9.17, 15) is 8.42 Å². The average molecular weight is 286 g/mol. The topological polar surface area (TPSA) is 40.6 Å². The molecule has 2 fully saturated rings. The van der Waals surface area contributed by atoms with Crippen molar-refractivity contribution in [2.75, 3.05) is 32.4 Å². The van der Waals surface area contributed by atoms with E-state index >= 15 is 0 Å². The molecular weight excluding hydrogens is 268 g/mol. The Hall–Kier alpha value is -0.430. The molecule has 2 aliphatic rings. The summed E-state index contributed by atoms with van der Waals surface area (Å²) < 4.78 is 24.4. The van der Waals surface area contributed by atoms with Crippen molar-refractivity contribution in [3.05, 3.63) is 22.4 Å². The van der Waals surface area contributed by atoms with Gasteiger partial charge in [0, 0.05) is 31.6 Å². The van der Waals surface area contributed by atoms with Crippen LogP contribution in [0, 0.1) is 5.41 Å². The van der Waals surface area contributed by atoms with Crippen LogP contribution in [0.2, 0.25) is 0 Å². The summed E-state index contributed by atoms with van der Waals surface area (Å²) >= 11 is 1.73. The molecule has 18 heavy (non-hydrogen) atoms. The van der Waals surface area contributed by atoms with E-state index in [2.05, 4.69) is 21.7 Å². The minimum Gasteiger partial charge on any atom is -0.298 e. The molecule has 3 heterocycles. The Morgan fingerprint density at radius 3 is 2.78 bits per heavy atom. The van der Waals surface area contributed by atoms with Gasteiger partial charge in [0.2, 0.25) is 10.0 Å². The summed E-state index contributed by atoms with van der Waals surface area (Å²) in [5.41, 5.74) is 1.61. The molecule has 0 unspecified atom stereocenters. The molecule has 0 radical (unpaired) electrons. The van der Waals surface area contributed by atoms with Gasteiger partial charge in [-0.2, -0.15) is 11.3 Å². The van der Waals surface area contributed by atoms with Crippen LogP contribution in [0.3, 0.4) is 0 Å². The largest absolute Gasteiger partial charge is 0.298 e. The van der Waals surface area contributed by atoms with Crippen molar-refractivity contribution in [2.45, 2.75) is 13.0 Å². The van der Waals surface area contributed by atoms with Gasteiger partial charge in [0.15, 0.2) is 0 Å². The maximum Gasteiger partial charge on any atom is 0.211 e. The molecular formula is C12H18N2O2S2. The molecule has 6 heteroatoms. The van der Waals surface area contributed by atoms with Crippen LogP contribution in [0.25, 0.3) is 0 Å². The highest BCUT2D eigenvalue weighted by Crippen LogP contribution is 2.41. The van der Waals surface area contributed by atoms with Crippen molar-refractivity contribution in [3.8, 4) is 0 Å². The molecule has 0 atom stereocenters. The number of hydrogen-bond acceptors (Lipinski definition) is 4. The van der Waals surface area contributed by atoms with Gasteiger partial charge in [-0.3, -0.25) is 4.90 Å². The first-order valence-electron chi connectivity index (χ1n) is 6.16. The standard InChI is InChI=1S/C12H18N2O2S2/c1-18(15,16)14-9-12(10-14)3-4-13(8-12)6-11-2-5-17-7-11/h2,5,7H,3-4,6,8-10H2,1H3. The summed E-state index contributed by atoms with van der Waals surface area (Å²) in [5.74, 6) is 0. The highest BCUT2D eigenvalue weighted by atomic mass is 32.2. The zero-order chi connectivity index (χ0) is 12.8. The Bertz CT molecular complexity index is 518. The Morgan fingerprint density at radius 2 is 2.17 bits per heavy atom. The van der Waals surface area contributed by atoms with Gasteiger partial charge in [0.05, 0.1) is 6.26 Å². The molecule has 0 bridgehead atoms. The minimum atomic E-state index is -2.98. The first-order valence-corrected chi connectivity index (χ1v) is 8.95. The Morgan fingerprint density at radius 1 is 1.39 bits per heavy atom. The number of sulfonamides is 1. The lowest BCUT2D eigenvalue weighted by atomic mass is 9.81. The molecule has 0 N–H and O–H groups in total. The van der Waals surface area contributed by atoms with Crippen molar-refractivity contribution in [3.63, 3.8) is 0 Å². The van der Waals surface area contributed by atoms with Crippen molar-refractivity contribution in [2.24, 2.45) is 5.41 Å². The molecule has 3 rings (SSSR count). The molecule has 1 aromatic rings. The van der Waals surface area contributed by atoms with Crippen LogP contribution in [0.5, 0.6) is 0 Å². The van der Waals surface area contributed by atoms with Crippen molar-refractivity contribution in [1.29, 1.82) is 0 Å². The third-order valence-electron chi connectivity index (χ3n) is 4.00. The van der Waals surface area contributed by atoms with Gasteiger partial charge >= 0.3 is 0 Å². The fourth-order valence-electron chi connectivity index (χ4n) is 3.00. The third kappa shape index (κ3) is 2.34. The Labute approximate surface area is 112 Å². The number of thiophene rings is 1. The first kappa shape index (κ1) is 12.6. The fourth-order valence-corrected chi connectivity index (χ4v) is 4.67. The van der Waals surface area contributed by atoms with Gasteiger partial charge in [-0.1, -0.05) is 0 Å². The van der Waals surface area contributed by atoms with Crippen LogP contribution >= 0.6 is 11.3 Å². The van der Waals surface area contributed by atoms with E-state index in [1.165, 1.54) is 11.8 Å². The minimum absolute atomic E-state index is 0.235. The Balaban J connectivity index is 1.57. The monoisotopic (exact) mass is 286 g/mol. The van der Waals surface area contributed by atoms with Crippen molar-refractivity contribution in [1.82, 2.24) is 9.21 Å². The van der Waals surface area contributed by atoms with Crippen LogP contribution < -0.4 is 0 Å². The predicted octanol–water partition coefficient (Wildman–Crippen LogP) is 1.22. The van der Waals surface area contributed by atoms with E-state index in [0.29, 0.717) is 13.1 Å². The lowest BCUT2D eigenvalue weighted by Crippen LogP contribution is -2.59. The summed E-state index contributed by atoms with van der Waals surface area (Å²) in [6.07, 6.45) is 2.43. The maximum atomic E-state index is 11.4. The van der Waals surface area contributed by atoms with Gasteiger partial charge in [-0.25, -0.2) is 12.7 Å². The quantitative estimate of drug-likeness (QED) is 0.839. The summed E-state index contributed by atoms with van der Waals surface area (Å²) in [6.45, 7) is 4.56. The molecule has 2 aliphatic heterocycles. The number of hydrogen-bond donors (Lipinski definition) is 0. The smallest absolute Gasteiger partial charge is 0.211 e. The SMILES string of the molecule is CS(=O)(=O)N1CC2(CCN(Cc3ccsc3)C2)C1. The highest BCUT2D eigenvalue weighted by molar-refractivity contribution is 7.88. The number of likely N-dealkylation sites (tertiary alicyclic amines) is 1. The Kier molecular flexibility index (Phi) is 3.01. The first-order chi connectivity index (χ1) is 8.47. The van der Waals surface area contributed by atoms with Crippen molar-refractivity contribution >= 4 is 21.4 Å². The summed E-state index contributed by atoms with van der Waals surface area (Å²) in [6, 6.07) is 2.17. The summed E-state index contributed by atoms with van der Waals surface area (Å²) in [4.78, 5) is 2.45. The molecule has 1 aromatic heterocycles. The van der Waals surface area contributed by atoms with E-state index in [0.717, 1.165) is 26.1 Å². The predicted molar refractivity (Wildman–Crippen MR) is 73.1 cm³/mol. The second-order valence-corrected chi connectivity index (χ2v) is 8.39. The molecule has 2 saturated heterocycles.